The number of carbonyl (C=O) groups excluding carboxylic acids is 2. The fraction of sp³-hybridized carbons (Fsp3) is 0.200. The van der Waals surface area contributed by atoms with Crippen LogP contribution in [-0.4, -0.2) is 11.7 Å². The average molecular weight is 190 g/mol. The first-order chi connectivity index (χ1) is 6.59. The second-order valence-corrected chi connectivity index (χ2v) is 3.40. The molecule has 0 radical (unpaired) electrons. The van der Waals surface area contributed by atoms with Crippen molar-refractivity contribution in [2.75, 3.05) is 0 Å². The molecule has 2 rings (SSSR count). The summed E-state index contributed by atoms with van der Waals surface area (Å²) in [5.41, 5.74) is 12.5. The van der Waals surface area contributed by atoms with Gasteiger partial charge in [0, 0.05) is 23.6 Å². The topological polar surface area (TPSA) is 86.2 Å². The molecule has 0 saturated carbocycles. The van der Waals surface area contributed by atoms with Gasteiger partial charge in [0.1, 0.15) is 0 Å². The highest BCUT2D eigenvalue weighted by atomic mass is 16.1. The minimum atomic E-state index is -0.527. The van der Waals surface area contributed by atoms with Crippen molar-refractivity contribution in [3.63, 3.8) is 0 Å². The molecule has 1 aliphatic carbocycles. The molecule has 1 atom stereocenters. The van der Waals surface area contributed by atoms with Crippen molar-refractivity contribution in [1.29, 1.82) is 0 Å². The van der Waals surface area contributed by atoms with Crippen LogP contribution < -0.4 is 11.5 Å². The van der Waals surface area contributed by atoms with E-state index in [1.165, 1.54) is 6.07 Å². The molecule has 4 N–H and O–H groups in total. The third kappa shape index (κ3) is 1.20. The summed E-state index contributed by atoms with van der Waals surface area (Å²) in [5.74, 6) is -0.545. The van der Waals surface area contributed by atoms with Crippen molar-refractivity contribution in [3.05, 3.63) is 34.9 Å². The van der Waals surface area contributed by atoms with E-state index < -0.39 is 5.91 Å². The minimum absolute atomic E-state index is 0.0180. The molecule has 0 aromatic heterocycles. The van der Waals surface area contributed by atoms with E-state index in [0.29, 0.717) is 17.5 Å². The maximum Gasteiger partial charge on any atom is 0.248 e. The Kier molecular flexibility index (Phi) is 1.86. The van der Waals surface area contributed by atoms with Crippen LogP contribution in [-0.2, 0) is 0 Å². The number of carbonyl (C=O) groups is 2. The summed E-state index contributed by atoms with van der Waals surface area (Å²) in [5, 5.41) is 0. The van der Waals surface area contributed by atoms with Gasteiger partial charge in [0.05, 0.1) is 0 Å². The molecule has 1 aromatic rings. The highest BCUT2D eigenvalue weighted by Gasteiger charge is 2.26. The lowest BCUT2D eigenvalue weighted by Crippen LogP contribution is -2.12. The van der Waals surface area contributed by atoms with E-state index in [9.17, 15) is 9.59 Å². The third-order valence-corrected chi connectivity index (χ3v) is 2.44. The lowest BCUT2D eigenvalue weighted by Gasteiger charge is -2.03. The van der Waals surface area contributed by atoms with Crippen molar-refractivity contribution < 1.29 is 9.59 Å². The number of ketones is 1. The first-order valence-corrected chi connectivity index (χ1v) is 4.32. The van der Waals surface area contributed by atoms with Gasteiger partial charge in [0.15, 0.2) is 5.78 Å². The Balaban J connectivity index is 2.55. The Morgan fingerprint density at radius 3 is 2.79 bits per heavy atom. The normalized spacial score (nSPS) is 19.5. The number of hydrogen-bond donors (Lipinski definition) is 2. The fourth-order valence-corrected chi connectivity index (χ4v) is 1.69. The van der Waals surface area contributed by atoms with Gasteiger partial charge >= 0.3 is 0 Å². The number of amides is 1. The van der Waals surface area contributed by atoms with E-state index >= 15 is 0 Å². The molecule has 0 heterocycles. The highest BCUT2D eigenvalue weighted by Crippen LogP contribution is 2.29. The number of Topliss-reactive ketones (excluding diaryl/α,β-unsaturated/α-hetero) is 1. The molecule has 0 unspecified atom stereocenters. The van der Waals surface area contributed by atoms with Gasteiger partial charge in [-0.25, -0.2) is 0 Å². The molecule has 1 amide bonds. The zero-order valence-corrected chi connectivity index (χ0v) is 7.49. The van der Waals surface area contributed by atoms with Gasteiger partial charge in [-0.3, -0.25) is 9.59 Å². The van der Waals surface area contributed by atoms with Crippen molar-refractivity contribution in [3.8, 4) is 0 Å². The van der Waals surface area contributed by atoms with Gasteiger partial charge in [-0.2, -0.15) is 0 Å². The largest absolute Gasteiger partial charge is 0.366 e. The second-order valence-electron chi connectivity index (χ2n) is 3.40. The van der Waals surface area contributed by atoms with E-state index in [4.69, 9.17) is 11.5 Å². The Bertz CT molecular complexity index is 426. The number of hydrogen-bond acceptors (Lipinski definition) is 3. The van der Waals surface area contributed by atoms with Crippen LogP contribution in [0.25, 0.3) is 0 Å². The Labute approximate surface area is 80.9 Å². The maximum atomic E-state index is 11.4. The van der Waals surface area contributed by atoms with Crippen molar-refractivity contribution in [1.82, 2.24) is 0 Å². The molecule has 0 spiro atoms. The van der Waals surface area contributed by atoms with Crippen molar-refractivity contribution in [2.45, 2.75) is 12.5 Å². The number of benzene rings is 1. The van der Waals surface area contributed by atoms with Crippen LogP contribution in [0.3, 0.4) is 0 Å². The number of fused-ring (bicyclic) bond motifs is 1. The Morgan fingerprint density at radius 2 is 2.14 bits per heavy atom. The summed E-state index contributed by atoms with van der Waals surface area (Å²) in [6, 6.07) is 4.58. The van der Waals surface area contributed by atoms with Crippen molar-refractivity contribution in [2.24, 2.45) is 11.5 Å². The monoisotopic (exact) mass is 190 g/mol. The zero-order chi connectivity index (χ0) is 10.3. The van der Waals surface area contributed by atoms with Gasteiger partial charge in [-0.1, -0.05) is 6.07 Å². The van der Waals surface area contributed by atoms with Crippen LogP contribution in [0.2, 0.25) is 0 Å². The van der Waals surface area contributed by atoms with Crippen LogP contribution in [0.1, 0.15) is 38.7 Å². The summed E-state index contributed by atoms with van der Waals surface area (Å²) < 4.78 is 0. The molecule has 0 aliphatic heterocycles. The smallest absolute Gasteiger partial charge is 0.248 e. The zero-order valence-electron chi connectivity index (χ0n) is 7.49. The van der Waals surface area contributed by atoms with E-state index in [0.717, 1.165) is 5.56 Å². The summed E-state index contributed by atoms with van der Waals surface area (Å²) in [4.78, 5) is 22.3. The molecule has 72 valence electrons. The SMILES string of the molecule is NC(=O)c1ccc2c(c1)C(=O)C[C@H]2N. The van der Waals surface area contributed by atoms with Crippen LogP contribution in [0, 0.1) is 0 Å². The lowest BCUT2D eigenvalue weighted by atomic mass is 10.0. The van der Waals surface area contributed by atoms with Crippen LogP contribution >= 0.6 is 0 Å². The second kappa shape index (κ2) is 2.92. The predicted molar refractivity (Wildman–Crippen MR) is 50.8 cm³/mol. The molecular formula is C10H10N2O2. The summed E-state index contributed by atoms with van der Waals surface area (Å²) in [6.07, 6.45) is 0.317. The highest BCUT2D eigenvalue weighted by molar-refractivity contribution is 6.03. The van der Waals surface area contributed by atoms with Gasteiger partial charge in [-0.05, 0) is 17.7 Å². The fourth-order valence-electron chi connectivity index (χ4n) is 1.69. The third-order valence-electron chi connectivity index (χ3n) is 2.44. The molecule has 1 aliphatic rings. The van der Waals surface area contributed by atoms with Gasteiger partial charge < -0.3 is 11.5 Å². The molecular weight excluding hydrogens is 180 g/mol. The van der Waals surface area contributed by atoms with E-state index in [2.05, 4.69) is 0 Å². The molecule has 0 bridgehead atoms. The molecule has 1 aromatic carbocycles. The summed E-state index contributed by atoms with van der Waals surface area (Å²) in [6.45, 7) is 0. The standard InChI is InChI=1S/C10H10N2O2/c11-8-4-9(13)7-3-5(10(12)14)1-2-6(7)8/h1-3,8H,4,11H2,(H2,12,14)/t8-/m1/s1. The number of rotatable bonds is 1. The predicted octanol–water partition coefficient (Wildman–Crippen LogP) is 0.372. The lowest BCUT2D eigenvalue weighted by molar-refractivity contribution is 0.0989. The van der Waals surface area contributed by atoms with Crippen LogP contribution in [0.15, 0.2) is 18.2 Å². The molecule has 0 saturated heterocycles. The van der Waals surface area contributed by atoms with Crippen LogP contribution in [0.5, 0.6) is 0 Å². The first kappa shape index (κ1) is 8.90. The van der Waals surface area contributed by atoms with Gasteiger partial charge in [0.25, 0.3) is 0 Å². The van der Waals surface area contributed by atoms with E-state index in [1.54, 1.807) is 12.1 Å². The van der Waals surface area contributed by atoms with Gasteiger partial charge in [0.2, 0.25) is 5.91 Å². The van der Waals surface area contributed by atoms with Gasteiger partial charge in [-0.15, -0.1) is 0 Å². The Morgan fingerprint density at radius 1 is 1.43 bits per heavy atom. The molecule has 14 heavy (non-hydrogen) atoms. The first-order valence-electron chi connectivity index (χ1n) is 4.32. The van der Waals surface area contributed by atoms with Crippen molar-refractivity contribution >= 4 is 11.7 Å². The summed E-state index contributed by atoms with van der Waals surface area (Å²) in [7, 11) is 0. The molecule has 0 fully saturated rings. The molecule has 4 nitrogen and oxygen atoms in total. The quantitative estimate of drug-likeness (QED) is 0.670. The minimum Gasteiger partial charge on any atom is -0.366 e. The molecule has 4 heteroatoms. The van der Waals surface area contributed by atoms with E-state index in [-0.39, 0.29) is 11.8 Å². The van der Waals surface area contributed by atoms with Crippen LogP contribution in [0.4, 0.5) is 0 Å². The number of nitrogens with two attached hydrogens (primary N) is 2. The summed E-state index contributed by atoms with van der Waals surface area (Å²) >= 11 is 0. The number of primary amides is 1. The van der Waals surface area contributed by atoms with E-state index in [1.807, 2.05) is 0 Å². The Hall–Kier alpha value is -1.68. The maximum absolute atomic E-state index is 11.4. The average Bonchev–Trinajstić information content (AvgIpc) is 2.42.